The van der Waals surface area contributed by atoms with E-state index in [4.69, 9.17) is 17.3 Å². The first kappa shape index (κ1) is 13.9. The van der Waals surface area contributed by atoms with Crippen molar-refractivity contribution in [1.29, 1.82) is 0 Å². The van der Waals surface area contributed by atoms with Crippen molar-refractivity contribution < 1.29 is 9.18 Å². The Kier molecular flexibility index (Phi) is 3.53. The zero-order valence-corrected chi connectivity index (χ0v) is 12.3. The fourth-order valence-corrected chi connectivity index (χ4v) is 3.29. The Morgan fingerprint density at radius 2 is 2.00 bits per heavy atom. The highest BCUT2D eigenvalue weighted by Crippen LogP contribution is 2.35. The van der Waals surface area contributed by atoms with Crippen LogP contribution in [0.25, 0.3) is 10.1 Å². The van der Waals surface area contributed by atoms with E-state index >= 15 is 0 Å². The molecular formula is C15H10ClFN2OS. The molecule has 3 nitrogen and oxygen atoms in total. The van der Waals surface area contributed by atoms with Crippen molar-refractivity contribution in [3.63, 3.8) is 0 Å². The number of halogens is 2. The van der Waals surface area contributed by atoms with Crippen molar-refractivity contribution in [2.45, 2.75) is 0 Å². The quantitative estimate of drug-likeness (QED) is 0.729. The van der Waals surface area contributed by atoms with Crippen LogP contribution in [0.1, 0.15) is 9.67 Å². The van der Waals surface area contributed by atoms with Crippen LogP contribution in [0.2, 0.25) is 5.02 Å². The van der Waals surface area contributed by atoms with E-state index in [-0.39, 0.29) is 5.69 Å². The van der Waals surface area contributed by atoms with E-state index in [1.54, 1.807) is 30.3 Å². The minimum atomic E-state index is -0.492. The lowest BCUT2D eigenvalue weighted by atomic mass is 10.2. The summed E-state index contributed by atoms with van der Waals surface area (Å²) < 4.78 is 14.4. The summed E-state index contributed by atoms with van der Waals surface area (Å²) >= 11 is 7.15. The Morgan fingerprint density at radius 3 is 2.76 bits per heavy atom. The van der Waals surface area contributed by atoms with Crippen LogP contribution < -0.4 is 11.1 Å². The summed E-state index contributed by atoms with van der Waals surface area (Å²) in [6.07, 6.45) is 0. The third-order valence-electron chi connectivity index (χ3n) is 3.02. The number of benzene rings is 2. The predicted octanol–water partition coefficient (Wildman–Crippen LogP) is 4.53. The van der Waals surface area contributed by atoms with Gasteiger partial charge in [0.1, 0.15) is 10.7 Å². The van der Waals surface area contributed by atoms with Gasteiger partial charge in [-0.2, -0.15) is 0 Å². The number of nitrogens with one attached hydrogen (secondary N) is 1. The molecule has 1 amide bonds. The zero-order valence-electron chi connectivity index (χ0n) is 10.7. The molecule has 3 aromatic rings. The van der Waals surface area contributed by atoms with E-state index in [2.05, 4.69) is 5.32 Å². The van der Waals surface area contributed by atoms with E-state index in [1.165, 1.54) is 23.5 Å². The number of nitrogen functional groups attached to an aromatic ring is 1. The highest BCUT2D eigenvalue weighted by atomic mass is 35.5. The number of para-hydroxylation sites is 1. The fourth-order valence-electron chi connectivity index (χ4n) is 2.00. The number of amides is 1. The number of nitrogens with two attached hydrogens (primary N) is 1. The summed E-state index contributed by atoms with van der Waals surface area (Å²) in [4.78, 5) is 12.6. The topological polar surface area (TPSA) is 55.1 Å². The van der Waals surface area contributed by atoms with Gasteiger partial charge in [-0.25, -0.2) is 4.39 Å². The highest BCUT2D eigenvalue weighted by molar-refractivity contribution is 7.21. The molecule has 0 atom stereocenters. The fraction of sp³-hybridized carbons (Fsp3) is 0. The molecule has 0 aliphatic carbocycles. The lowest BCUT2D eigenvalue weighted by Gasteiger charge is -2.05. The van der Waals surface area contributed by atoms with Crippen LogP contribution >= 0.6 is 22.9 Å². The van der Waals surface area contributed by atoms with Gasteiger partial charge < -0.3 is 11.1 Å². The van der Waals surface area contributed by atoms with Gasteiger partial charge in [0.2, 0.25) is 0 Å². The molecule has 1 heterocycles. The number of rotatable bonds is 2. The van der Waals surface area contributed by atoms with E-state index in [1.807, 2.05) is 0 Å². The van der Waals surface area contributed by atoms with E-state index < -0.39 is 11.7 Å². The zero-order chi connectivity index (χ0) is 15.0. The molecule has 0 aliphatic heterocycles. The average Bonchev–Trinajstić information content (AvgIpc) is 2.78. The predicted molar refractivity (Wildman–Crippen MR) is 85.6 cm³/mol. The van der Waals surface area contributed by atoms with Crippen molar-refractivity contribution in [2.24, 2.45) is 0 Å². The minimum absolute atomic E-state index is 0.123. The molecule has 0 aliphatic rings. The maximum atomic E-state index is 13.6. The minimum Gasteiger partial charge on any atom is -0.397 e. The van der Waals surface area contributed by atoms with E-state index in [9.17, 15) is 9.18 Å². The van der Waals surface area contributed by atoms with Gasteiger partial charge in [0.15, 0.2) is 0 Å². The number of hydrogen-bond donors (Lipinski definition) is 2. The lowest BCUT2D eigenvalue weighted by molar-refractivity contribution is 0.103. The number of fused-ring (bicyclic) bond motifs is 1. The van der Waals surface area contributed by atoms with Crippen molar-refractivity contribution in [3.05, 3.63) is 58.2 Å². The van der Waals surface area contributed by atoms with Crippen molar-refractivity contribution in [1.82, 2.24) is 0 Å². The maximum absolute atomic E-state index is 13.6. The van der Waals surface area contributed by atoms with Gasteiger partial charge in [0, 0.05) is 15.1 Å². The maximum Gasteiger partial charge on any atom is 0.267 e. The second-order valence-electron chi connectivity index (χ2n) is 4.42. The third-order valence-corrected chi connectivity index (χ3v) is 4.42. The number of thiophene rings is 1. The van der Waals surface area contributed by atoms with Crippen molar-refractivity contribution in [3.8, 4) is 0 Å². The van der Waals surface area contributed by atoms with E-state index in [0.29, 0.717) is 15.6 Å². The first-order valence-corrected chi connectivity index (χ1v) is 7.29. The average molecular weight is 321 g/mol. The molecule has 0 spiro atoms. The molecule has 0 unspecified atom stereocenters. The van der Waals surface area contributed by atoms with E-state index in [0.717, 1.165) is 10.1 Å². The van der Waals surface area contributed by atoms with Crippen LogP contribution in [0.4, 0.5) is 15.8 Å². The SMILES string of the molecule is Nc1c(C(=O)Nc2ccccc2F)sc2cc(Cl)ccc12. The monoisotopic (exact) mass is 320 g/mol. The van der Waals surface area contributed by atoms with Crippen LogP contribution in [0.5, 0.6) is 0 Å². The van der Waals surface area contributed by atoms with Gasteiger partial charge in [-0.05, 0) is 30.3 Å². The van der Waals surface area contributed by atoms with Crippen LogP contribution in [-0.2, 0) is 0 Å². The molecular weight excluding hydrogens is 311 g/mol. The second-order valence-corrected chi connectivity index (χ2v) is 5.91. The molecule has 0 saturated carbocycles. The van der Waals surface area contributed by atoms with Gasteiger partial charge in [-0.3, -0.25) is 4.79 Å². The Labute approximate surface area is 129 Å². The summed E-state index contributed by atoms with van der Waals surface area (Å²) in [5.41, 5.74) is 6.49. The standard InChI is InChI=1S/C15H10ClFN2OS/c16-8-5-6-9-12(7-8)21-14(13(9)18)15(20)19-11-4-2-1-3-10(11)17/h1-7H,18H2,(H,19,20). The summed E-state index contributed by atoms with van der Waals surface area (Å²) in [6, 6.07) is 11.2. The van der Waals surface area contributed by atoms with Gasteiger partial charge in [-0.15, -0.1) is 11.3 Å². The molecule has 6 heteroatoms. The summed E-state index contributed by atoms with van der Waals surface area (Å²) in [5.74, 6) is -0.927. The molecule has 21 heavy (non-hydrogen) atoms. The largest absolute Gasteiger partial charge is 0.397 e. The Hall–Kier alpha value is -2.11. The van der Waals surface area contributed by atoms with Crippen molar-refractivity contribution >= 4 is 50.3 Å². The van der Waals surface area contributed by atoms with Crippen LogP contribution in [0.3, 0.4) is 0 Å². The smallest absolute Gasteiger partial charge is 0.267 e. The van der Waals surface area contributed by atoms with Gasteiger partial charge in [-0.1, -0.05) is 23.7 Å². The van der Waals surface area contributed by atoms with Gasteiger partial charge in [0.25, 0.3) is 5.91 Å². The molecule has 106 valence electrons. The summed E-state index contributed by atoms with van der Waals surface area (Å²) in [5, 5.41) is 3.87. The first-order chi connectivity index (χ1) is 10.1. The normalized spacial score (nSPS) is 10.8. The molecule has 0 bridgehead atoms. The highest BCUT2D eigenvalue weighted by Gasteiger charge is 2.17. The van der Waals surface area contributed by atoms with Crippen LogP contribution in [0, 0.1) is 5.82 Å². The second kappa shape index (κ2) is 5.35. The van der Waals surface area contributed by atoms with Gasteiger partial charge >= 0.3 is 0 Å². The molecule has 0 fully saturated rings. The number of anilines is 2. The van der Waals surface area contributed by atoms with Crippen LogP contribution in [0.15, 0.2) is 42.5 Å². The number of carbonyl (C=O) groups is 1. The van der Waals surface area contributed by atoms with Gasteiger partial charge in [0.05, 0.1) is 11.4 Å². The summed E-state index contributed by atoms with van der Waals surface area (Å²) in [6.45, 7) is 0. The molecule has 3 N–H and O–H groups in total. The molecule has 0 saturated heterocycles. The van der Waals surface area contributed by atoms with Crippen molar-refractivity contribution in [2.75, 3.05) is 11.1 Å². The number of hydrogen-bond acceptors (Lipinski definition) is 3. The lowest BCUT2D eigenvalue weighted by Crippen LogP contribution is -2.12. The third kappa shape index (κ3) is 2.57. The molecule has 1 aromatic heterocycles. The number of carbonyl (C=O) groups excluding carboxylic acids is 1. The Balaban J connectivity index is 1.98. The molecule has 0 radical (unpaired) electrons. The molecule has 2 aromatic carbocycles. The van der Waals surface area contributed by atoms with Crippen LogP contribution in [-0.4, -0.2) is 5.91 Å². The first-order valence-electron chi connectivity index (χ1n) is 6.09. The summed E-state index contributed by atoms with van der Waals surface area (Å²) in [7, 11) is 0. The molecule has 3 rings (SSSR count). The Morgan fingerprint density at radius 1 is 1.24 bits per heavy atom. The Bertz CT molecular complexity index is 847.